The van der Waals surface area contributed by atoms with Crippen LogP contribution in [0.25, 0.3) is 0 Å². The first-order valence-electron chi connectivity index (χ1n) is 4.04. The average molecular weight is 162 g/mol. The number of aliphatic hydroxyl groups is 1. The second kappa shape index (κ2) is 3.63. The van der Waals surface area contributed by atoms with E-state index < -0.39 is 0 Å². The second-order valence-corrected chi connectivity index (χ2v) is 6.10. The summed E-state index contributed by atoms with van der Waals surface area (Å²) in [4.78, 5) is 0. The van der Waals surface area contributed by atoms with Gasteiger partial charge in [0.1, 0.15) is 0 Å². The van der Waals surface area contributed by atoms with Crippen LogP contribution < -0.4 is 0 Å². The third kappa shape index (κ3) is 2.17. The fraction of sp³-hybridized carbons (Fsp3) is 1.00. The van der Waals surface area contributed by atoms with Crippen molar-refractivity contribution < 1.29 is 5.11 Å². The summed E-state index contributed by atoms with van der Waals surface area (Å²) >= 11 is 0. The number of thiol groups is 1. The predicted molar refractivity (Wildman–Crippen MR) is 49.1 cm³/mol. The zero-order valence-corrected chi connectivity index (χ0v) is 7.77. The SMILES string of the molecule is C[SH](C)C1CCCC(O)C1. The van der Waals surface area contributed by atoms with Crippen LogP contribution in [-0.4, -0.2) is 29.0 Å². The Hall–Kier alpha value is 0.310. The zero-order chi connectivity index (χ0) is 7.56. The standard InChI is InChI=1S/C8H18OS/c1-10(2)8-5-3-4-7(9)6-8/h7-10H,3-6H2,1-2H3. The molecule has 0 aromatic heterocycles. The van der Waals surface area contributed by atoms with Gasteiger partial charge in [0.25, 0.3) is 0 Å². The van der Waals surface area contributed by atoms with E-state index in [9.17, 15) is 5.11 Å². The second-order valence-electron chi connectivity index (χ2n) is 3.44. The Kier molecular flexibility index (Phi) is 3.05. The van der Waals surface area contributed by atoms with Gasteiger partial charge in [-0.3, -0.25) is 10.9 Å². The fourth-order valence-corrected chi connectivity index (χ4v) is 2.97. The molecule has 0 amide bonds. The maximum absolute atomic E-state index is 9.34. The van der Waals surface area contributed by atoms with E-state index in [1.165, 1.54) is 12.8 Å². The van der Waals surface area contributed by atoms with Crippen LogP contribution in [0, 0.1) is 0 Å². The third-order valence-electron chi connectivity index (χ3n) is 2.35. The monoisotopic (exact) mass is 162 g/mol. The van der Waals surface area contributed by atoms with Crippen molar-refractivity contribution in [1.29, 1.82) is 0 Å². The maximum atomic E-state index is 9.34. The third-order valence-corrected chi connectivity index (χ3v) is 4.28. The molecular weight excluding hydrogens is 144 g/mol. The highest BCUT2D eigenvalue weighted by Crippen LogP contribution is 2.34. The van der Waals surface area contributed by atoms with Gasteiger partial charge in [-0.25, -0.2) is 0 Å². The molecule has 0 heterocycles. The van der Waals surface area contributed by atoms with Crippen LogP contribution >= 0.6 is 10.9 Å². The predicted octanol–water partition coefficient (Wildman–Crippen LogP) is 1.55. The van der Waals surface area contributed by atoms with E-state index in [1.807, 2.05) is 0 Å². The van der Waals surface area contributed by atoms with Crippen molar-refractivity contribution in [3.8, 4) is 0 Å². The van der Waals surface area contributed by atoms with Gasteiger partial charge >= 0.3 is 0 Å². The van der Waals surface area contributed by atoms with E-state index in [1.54, 1.807) is 0 Å². The molecule has 0 aromatic carbocycles. The van der Waals surface area contributed by atoms with Crippen molar-refractivity contribution in [3.05, 3.63) is 0 Å². The molecule has 1 aliphatic carbocycles. The summed E-state index contributed by atoms with van der Waals surface area (Å²) < 4.78 is 0. The molecule has 1 aliphatic rings. The molecule has 1 saturated carbocycles. The minimum atomic E-state index is 0.0173. The zero-order valence-electron chi connectivity index (χ0n) is 6.88. The van der Waals surface area contributed by atoms with Crippen molar-refractivity contribution >= 4 is 10.9 Å². The van der Waals surface area contributed by atoms with Crippen molar-refractivity contribution in [3.63, 3.8) is 0 Å². The van der Waals surface area contributed by atoms with Gasteiger partial charge in [-0.2, -0.15) is 0 Å². The number of hydrogen-bond acceptors (Lipinski definition) is 1. The quantitative estimate of drug-likeness (QED) is 0.561. The molecule has 1 nitrogen and oxygen atoms in total. The highest BCUT2D eigenvalue weighted by atomic mass is 32.2. The van der Waals surface area contributed by atoms with Gasteiger partial charge in [0.05, 0.1) is 6.10 Å². The summed E-state index contributed by atoms with van der Waals surface area (Å²) in [6.07, 6.45) is 9.36. The molecule has 1 fully saturated rings. The first kappa shape index (κ1) is 8.41. The van der Waals surface area contributed by atoms with E-state index in [-0.39, 0.29) is 17.0 Å². The molecule has 2 unspecified atom stereocenters. The molecule has 2 atom stereocenters. The highest BCUT2D eigenvalue weighted by Gasteiger charge is 2.20. The van der Waals surface area contributed by atoms with Crippen LogP contribution in [0.15, 0.2) is 0 Å². The summed E-state index contributed by atoms with van der Waals surface area (Å²) in [6, 6.07) is 0. The van der Waals surface area contributed by atoms with Crippen LogP contribution in [0.4, 0.5) is 0 Å². The number of rotatable bonds is 1. The van der Waals surface area contributed by atoms with Crippen LogP contribution in [0.3, 0.4) is 0 Å². The molecule has 2 heteroatoms. The molecule has 0 saturated heterocycles. The van der Waals surface area contributed by atoms with Gasteiger partial charge in [0.15, 0.2) is 0 Å². The Bertz CT molecular complexity index is 103. The average Bonchev–Trinajstić information content (AvgIpc) is 1.88. The van der Waals surface area contributed by atoms with Crippen molar-refractivity contribution in [2.45, 2.75) is 37.0 Å². The van der Waals surface area contributed by atoms with Crippen LogP contribution in [-0.2, 0) is 0 Å². The largest absolute Gasteiger partial charge is 0.393 e. The number of hydrogen-bond donors (Lipinski definition) is 2. The van der Waals surface area contributed by atoms with E-state index in [2.05, 4.69) is 12.5 Å². The summed E-state index contributed by atoms with van der Waals surface area (Å²) in [7, 11) is 0.195. The lowest BCUT2D eigenvalue weighted by molar-refractivity contribution is 0.133. The summed E-state index contributed by atoms with van der Waals surface area (Å²) in [5, 5.41) is 10.2. The van der Waals surface area contributed by atoms with E-state index in [4.69, 9.17) is 0 Å². The Morgan fingerprint density at radius 1 is 1.30 bits per heavy atom. The minimum Gasteiger partial charge on any atom is -0.393 e. The first-order chi connectivity index (χ1) is 4.70. The molecule has 0 spiro atoms. The number of aliphatic hydroxyl groups excluding tert-OH is 1. The smallest absolute Gasteiger partial charge is 0.0550 e. The Balaban J connectivity index is 2.32. The molecule has 0 aliphatic heterocycles. The Morgan fingerprint density at radius 2 is 2.00 bits per heavy atom. The summed E-state index contributed by atoms with van der Waals surface area (Å²) in [5.74, 6) is 0. The van der Waals surface area contributed by atoms with Crippen molar-refractivity contribution in [2.24, 2.45) is 0 Å². The van der Waals surface area contributed by atoms with Gasteiger partial charge in [0.2, 0.25) is 0 Å². The molecule has 1 N–H and O–H groups in total. The Morgan fingerprint density at radius 3 is 2.40 bits per heavy atom. The minimum absolute atomic E-state index is 0.0173. The van der Waals surface area contributed by atoms with Gasteiger partial charge in [-0.1, -0.05) is 0 Å². The molecule has 0 bridgehead atoms. The molecule has 62 valence electrons. The van der Waals surface area contributed by atoms with E-state index >= 15 is 0 Å². The highest BCUT2D eigenvalue weighted by molar-refractivity contribution is 8.16. The summed E-state index contributed by atoms with van der Waals surface area (Å²) in [6.45, 7) is 0. The lowest BCUT2D eigenvalue weighted by Crippen LogP contribution is -2.23. The lowest BCUT2D eigenvalue weighted by atomic mass is 9.97. The van der Waals surface area contributed by atoms with Crippen molar-refractivity contribution in [1.82, 2.24) is 0 Å². The van der Waals surface area contributed by atoms with Crippen LogP contribution in [0.2, 0.25) is 0 Å². The fourth-order valence-electron chi connectivity index (χ4n) is 1.61. The van der Waals surface area contributed by atoms with Gasteiger partial charge < -0.3 is 5.11 Å². The maximum Gasteiger partial charge on any atom is 0.0550 e. The molecular formula is C8H18OS. The summed E-state index contributed by atoms with van der Waals surface area (Å²) in [5.41, 5.74) is 0. The molecule has 0 aromatic rings. The van der Waals surface area contributed by atoms with Gasteiger partial charge in [-0.15, -0.1) is 0 Å². The van der Waals surface area contributed by atoms with Crippen molar-refractivity contribution in [2.75, 3.05) is 12.5 Å². The van der Waals surface area contributed by atoms with Crippen LogP contribution in [0.5, 0.6) is 0 Å². The van der Waals surface area contributed by atoms with E-state index in [0.717, 1.165) is 18.1 Å². The normalized spacial score (nSPS) is 35.7. The molecule has 0 radical (unpaired) electrons. The lowest BCUT2D eigenvalue weighted by Gasteiger charge is -2.30. The topological polar surface area (TPSA) is 20.2 Å². The van der Waals surface area contributed by atoms with Crippen LogP contribution in [0.1, 0.15) is 25.7 Å². The molecule has 1 rings (SSSR count). The van der Waals surface area contributed by atoms with E-state index in [0.29, 0.717) is 0 Å². The van der Waals surface area contributed by atoms with Gasteiger partial charge in [0, 0.05) is 0 Å². The molecule has 10 heavy (non-hydrogen) atoms. The Labute approximate surface area is 66.2 Å². The first-order valence-corrected chi connectivity index (χ1v) is 6.35. The van der Waals surface area contributed by atoms with Gasteiger partial charge in [-0.05, 0) is 43.4 Å².